The van der Waals surface area contributed by atoms with E-state index in [0.717, 1.165) is 37.2 Å². The van der Waals surface area contributed by atoms with Gasteiger partial charge in [0.05, 0.1) is 13.7 Å². The minimum Gasteiger partial charge on any atom is -0.497 e. The lowest BCUT2D eigenvalue weighted by atomic mass is 10.1. The van der Waals surface area contributed by atoms with Crippen molar-refractivity contribution in [1.82, 2.24) is 5.32 Å². The number of nitrogens with one attached hydrogen (secondary N) is 1. The quantitative estimate of drug-likeness (QED) is 0.752. The zero-order valence-electron chi connectivity index (χ0n) is 12.9. The molecule has 3 N–H and O–H groups in total. The molecular weight excluding hydrogens is 304 g/mol. The minimum atomic E-state index is 0. The van der Waals surface area contributed by atoms with Crippen molar-refractivity contribution in [3.05, 3.63) is 24.3 Å². The monoisotopic (exact) mass is 328 g/mol. The van der Waals surface area contributed by atoms with Gasteiger partial charge in [-0.15, -0.1) is 12.4 Å². The molecule has 0 aliphatic heterocycles. The number of ether oxygens (including phenoxy) is 2. The van der Waals surface area contributed by atoms with Crippen LogP contribution in [0.1, 0.15) is 25.7 Å². The molecule has 0 spiro atoms. The van der Waals surface area contributed by atoms with Crippen molar-refractivity contribution < 1.29 is 14.3 Å². The van der Waals surface area contributed by atoms with Crippen molar-refractivity contribution in [2.24, 2.45) is 11.7 Å². The Morgan fingerprint density at radius 2 is 1.95 bits per heavy atom. The highest BCUT2D eigenvalue weighted by Crippen LogP contribution is 2.24. The lowest BCUT2D eigenvalue weighted by Gasteiger charge is -2.11. The summed E-state index contributed by atoms with van der Waals surface area (Å²) >= 11 is 0. The Morgan fingerprint density at radius 1 is 1.27 bits per heavy atom. The number of rotatable bonds is 7. The van der Waals surface area contributed by atoms with Gasteiger partial charge < -0.3 is 20.5 Å². The summed E-state index contributed by atoms with van der Waals surface area (Å²) in [6.07, 6.45) is 3.47. The molecule has 0 aromatic heterocycles. The number of amides is 1. The van der Waals surface area contributed by atoms with E-state index < -0.39 is 0 Å². The van der Waals surface area contributed by atoms with Crippen LogP contribution in [0.2, 0.25) is 0 Å². The van der Waals surface area contributed by atoms with Crippen molar-refractivity contribution in [2.45, 2.75) is 31.7 Å². The fraction of sp³-hybridized carbons (Fsp3) is 0.562. The van der Waals surface area contributed by atoms with Crippen LogP contribution in [-0.2, 0) is 4.79 Å². The highest BCUT2D eigenvalue weighted by atomic mass is 35.5. The largest absolute Gasteiger partial charge is 0.497 e. The maximum atomic E-state index is 11.9. The third-order valence-corrected chi connectivity index (χ3v) is 3.79. The van der Waals surface area contributed by atoms with E-state index in [4.69, 9.17) is 15.2 Å². The molecule has 1 aliphatic carbocycles. The fourth-order valence-electron chi connectivity index (χ4n) is 2.54. The van der Waals surface area contributed by atoms with Crippen molar-refractivity contribution in [2.75, 3.05) is 20.3 Å². The van der Waals surface area contributed by atoms with Gasteiger partial charge in [-0.25, -0.2) is 0 Å². The zero-order chi connectivity index (χ0) is 15.1. The van der Waals surface area contributed by atoms with Gasteiger partial charge in [-0.05, 0) is 49.9 Å². The number of hydrogen-bond donors (Lipinski definition) is 2. The number of halogens is 1. The maximum Gasteiger partial charge on any atom is 0.223 e. The van der Waals surface area contributed by atoms with Crippen molar-refractivity contribution >= 4 is 18.3 Å². The maximum absolute atomic E-state index is 11.9. The molecular formula is C16H25ClN2O3. The van der Waals surface area contributed by atoms with E-state index >= 15 is 0 Å². The molecule has 1 aromatic rings. The molecule has 0 radical (unpaired) electrons. The summed E-state index contributed by atoms with van der Waals surface area (Å²) in [6, 6.07) is 7.66. The second-order valence-electron chi connectivity index (χ2n) is 5.44. The van der Waals surface area contributed by atoms with Crippen LogP contribution in [0.3, 0.4) is 0 Å². The number of nitrogens with two attached hydrogens (primary N) is 1. The fourth-order valence-corrected chi connectivity index (χ4v) is 2.54. The summed E-state index contributed by atoms with van der Waals surface area (Å²) in [5.41, 5.74) is 5.82. The highest BCUT2D eigenvalue weighted by Gasteiger charge is 2.27. The molecule has 2 rings (SSSR count). The van der Waals surface area contributed by atoms with E-state index in [2.05, 4.69) is 5.32 Å². The van der Waals surface area contributed by atoms with Crippen LogP contribution in [0, 0.1) is 5.92 Å². The van der Waals surface area contributed by atoms with Crippen molar-refractivity contribution in [3.8, 4) is 11.5 Å². The smallest absolute Gasteiger partial charge is 0.223 e. The summed E-state index contributed by atoms with van der Waals surface area (Å²) in [7, 11) is 1.63. The topological polar surface area (TPSA) is 73.6 Å². The Hall–Kier alpha value is -1.46. The Bertz CT molecular complexity index is 453. The van der Waals surface area contributed by atoms with E-state index in [0.29, 0.717) is 13.2 Å². The zero-order valence-corrected chi connectivity index (χ0v) is 13.7. The summed E-state index contributed by atoms with van der Waals surface area (Å²) in [5.74, 6) is 1.85. The van der Waals surface area contributed by atoms with Gasteiger partial charge in [0.1, 0.15) is 11.5 Å². The lowest BCUT2D eigenvalue weighted by Crippen LogP contribution is -2.31. The van der Waals surface area contributed by atoms with Crippen LogP contribution in [0.4, 0.5) is 0 Å². The second kappa shape index (κ2) is 9.54. The standard InChI is InChI=1S/C16H24N2O3.ClH/c1-20-14-5-7-15(8-6-14)21-10-2-9-18-16(19)12-3-4-13(17)11-12;/h5-8,12-13H,2-4,9-11,17H2,1H3,(H,18,19);1H. The van der Waals surface area contributed by atoms with Crippen LogP contribution in [0.25, 0.3) is 0 Å². The van der Waals surface area contributed by atoms with Gasteiger partial charge >= 0.3 is 0 Å². The molecule has 0 heterocycles. The van der Waals surface area contributed by atoms with Gasteiger partial charge in [-0.1, -0.05) is 0 Å². The Balaban J connectivity index is 0.00000242. The predicted molar refractivity (Wildman–Crippen MR) is 88.7 cm³/mol. The van der Waals surface area contributed by atoms with Gasteiger partial charge in [-0.2, -0.15) is 0 Å². The molecule has 0 saturated heterocycles. The van der Waals surface area contributed by atoms with Crippen LogP contribution < -0.4 is 20.5 Å². The number of carbonyl (C=O) groups excluding carboxylic acids is 1. The molecule has 22 heavy (non-hydrogen) atoms. The first-order chi connectivity index (χ1) is 10.2. The summed E-state index contributed by atoms with van der Waals surface area (Å²) < 4.78 is 10.7. The third-order valence-electron chi connectivity index (χ3n) is 3.79. The van der Waals surface area contributed by atoms with Crippen LogP contribution in [0.15, 0.2) is 24.3 Å². The SMILES string of the molecule is COc1ccc(OCCCNC(=O)C2CCC(N)C2)cc1.Cl. The molecule has 124 valence electrons. The second-order valence-corrected chi connectivity index (χ2v) is 5.44. The van der Waals surface area contributed by atoms with Crippen LogP contribution in [-0.4, -0.2) is 32.2 Å². The third kappa shape index (κ3) is 5.73. The Labute approximate surface area is 138 Å². The molecule has 1 aliphatic rings. The van der Waals surface area contributed by atoms with E-state index in [9.17, 15) is 4.79 Å². The van der Waals surface area contributed by atoms with Gasteiger partial charge in [0.2, 0.25) is 5.91 Å². The Kier molecular flexibility index (Phi) is 8.06. The molecule has 5 nitrogen and oxygen atoms in total. The average Bonchev–Trinajstić information content (AvgIpc) is 2.94. The predicted octanol–water partition coefficient (Wildman–Crippen LogP) is 2.13. The highest BCUT2D eigenvalue weighted by molar-refractivity contribution is 5.85. The molecule has 1 saturated carbocycles. The number of carbonyl (C=O) groups is 1. The molecule has 1 fully saturated rings. The summed E-state index contributed by atoms with van der Waals surface area (Å²) in [5, 5.41) is 2.96. The van der Waals surface area contributed by atoms with Crippen LogP contribution in [0.5, 0.6) is 11.5 Å². The van der Waals surface area contributed by atoms with Gasteiger partial charge in [0.25, 0.3) is 0 Å². The van der Waals surface area contributed by atoms with Gasteiger partial charge in [0, 0.05) is 18.5 Å². The van der Waals surface area contributed by atoms with Crippen molar-refractivity contribution in [1.29, 1.82) is 0 Å². The lowest BCUT2D eigenvalue weighted by molar-refractivity contribution is -0.124. The first-order valence-electron chi connectivity index (χ1n) is 7.49. The van der Waals surface area contributed by atoms with E-state index in [-0.39, 0.29) is 30.3 Å². The van der Waals surface area contributed by atoms with E-state index in [1.165, 1.54) is 0 Å². The normalized spacial score (nSPS) is 20.1. The van der Waals surface area contributed by atoms with E-state index in [1.54, 1.807) is 7.11 Å². The Morgan fingerprint density at radius 3 is 2.55 bits per heavy atom. The van der Waals surface area contributed by atoms with E-state index in [1.807, 2.05) is 24.3 Å². The molecule has 6 heteroatoms. The first kappa shape index (κ1) is 18.6. The molecule has 0 bridgehead atoms. The number of methoxy groups -OCH3 is 1. The molecule has 1 amide bonds. The van der Waals surface area contributed by atoms with Crippen molar-refractivity contribution in [3.63, 3.8) is 0 Å². The van der Waals surface area contributed by atoms with Crippen LogP contribution >= 0.6 is 12.4 Å². The minimum absolute atomic E-state index is 0. The average molecular weight is 329 g/mol. The number of hydrogen-bond acceptors (Lipinski definition) is 4. The summed E-state index contributed by atoms with van der Waals surface area (Å²) in [6.45, 7) is 1.22. The van der Waals surface area contributed by atoms with Gasteiger partial charge in [0.15, 0.2) is 0 Å². The number of benzene rings is 1. The molecule has 2 atom stereocenters. The van der Waals surface area contributed by atoms with Gasteiger partial charge in [-0.3, -0.25) is 4.79 Å². The molecule has 2 unspecified atom stereocenters. The summed E-state index contributed by atoms with van der Waals surface area (Å²) in [4.78, 5) is 11.9. The molecule has 1 aromatic carbocycles. The first-order valence-corrected chi connectivity index (χ1v) is 7.49.